The van der Waals surface area contributed by atoms with E-state index in [4.69, 9.17) is 16.3 Å². The maximum Gasteiger partial charge on any atom is 0.0834 e. The molecule has 0 fully saturated rings. The molecule has 0 saturated heterocycles. The van der Waals surface area contributed by atoms with E-state index in [9.17, 15) is 0 Å². The third-order valence-electron chi connectivity index (χ3n) is 3.03. The highest BCUT2D eigenvalue weighted by atomic mass is 35.5. The standard InChI is InChI=1S/C13H24ClN3O/c1-6-15-12(7-10(4)18-5)13-11(14)8-16-17(13)9(2)3/h8-10,12,15H,6-7H2,1-5H3. The lowest BCUT2D eigenvalue weighted by Gasteiger charge is -2.24. The Morgan fingerprint density at radius 3 is 2.61 bits per heavy atom. The first-order valence-electron chi connectivity index (χ1n) is 6.50. The van der Waals surface area contributed by atoms with Gasteiger partial charge in [-0.1, -0.05) is 18.5 Å². The number of nitrogens with one attached hydrogen (secondary N) is 1. The summed E-state index contributed by atoms with van der Waals surface area (Å²) >= 11 is 6.28. The van der Waals surface area contributed by atoms with Gasteiger partial charge in [0.25, 0.3) is 0 Å². The second-order valence-electron chi connectivity index (χ2n) is 4.81. The van der Waals surface area contributed by atoms with Crippen molar-refractivity contribution in [1.29, 1.82) is 0 Å². The lowest BCUT2D eigenvalue weighted by atomic mass is 10.1. The zero-order valence-corrected chi connectivity index (χ0v) is 12.7. The summed E-state index contributed by atoms with van der Waals surface area (Å²) in [4.78, 5) is 0. The Bertz CT molecular complexity index is 365. The summed E-state index contributed by atoms with van der Waals surface area (Å²) in [6, 6.07) is 0.467. The van der Waals surface area contributed by atoms with Gasteiger partial charge in [-0.3, -0.25) is 4.68 Å². The Morgan fingerprint density at radius 1 is 1.44 bits per heavy atom. The van der Waals surface area contributed by atoms with Crippen molar-refractivity contribution >= 4 is 11.6 Å². The number of aromatic nitrogens is 2. The maximum atomic E-state index is 6.28. The van der Waals surface area contributed by atoms with Gasteiger partial charge in [0, 0.05) is 13.2 Å². The molecular weight excluding hydrogens is 250 g/mol. The number of methoxy groups -OCH3 is 1. The Hall–Kier alpha value is -0.580. The molecule has 1 heterocycles. The number of hydrogen-bond acceptors (Lipinski definition) is 3. The number of ether oxygens (including phenoxy) is 1. The molecule has 0 bridgehead atoms. The number of halogens is 1. The van der Waals surface area contributed by atoms with Crippen molar-refractivity contribution in [2.24, 2.45) is 0 Å². The van der Waals surface area contributed by atoms with Crippen molar-refractivity contribution in [1.82, 2.24) is 15.1 Å². The number of nitrogens with zero attached hydrogens (tertiary/aromatic N) is 2. The van der Waals surface area contributed by atoms with Gasteiger partial charge in [-0.2, -0.15) is 5.10 Å². The molecule has 0 aliphatic carbocycles. The average Bonchev–Trinajstić information content (AvgIpc) is 2.70. The van der Waals surface area contributed by atoms with Crippen molar-refractivity contribution in [3.05, 3.63) is 16.9 Å². The summed E-state index contributed by atoms with van der Waals surface area (Å²) in [5.41, 5.74) is 1.05. The lowest BCUT2D eigenvalue weighted by Crippen LogP contribution is -2.28. The van der Waals surface area contributed by atoms with Gasteiger partial charge < -0.3 is 10.1 Å². The molecule has 104 valence electrons. The van der Waals surface area contributed by atoms with Crippen LogP contribution in [0.5, 0.6) is 0 Å². The van der Waals surface area contributed by atoms with E-state index >= 15 is 0 Å². The second-order valence-corrected chi connectivity index (χ2v) is 5.22. The van der Waals surface area contributed by atoms with Crippen LogP contribution in [0.4, 0.5) is 0 Å². The minimum Gasteiger partial charge on any atom is -0.382 e. The molecule has 0 spiro atoms. The minimum absolute atomic E-state index is 0.169. The normalized spacial score (nSPS) is 15.1. The molecule has 1 aromatic heterocycles. The van der Waals surface area contributed by atoms with Gasteiger partial charge in [0.1, 0.15) is 0 Å². The van der Waals surface area contributed by atoms with E-state index in [-0.39, 0.29) is 12.1 Å². The van der Waals surface area contributed by atoms with Crippen molar-refractivity contribution < 1.29 is 4.74 Å². The van der Waals surface area contributed by atoms with E-state index < -0.39 is 0 Å². The molecule has 0 aliphatic heterocycles. The van der Waals surface area contributed by atoms with E-state index in [1.165, 1.54) is 0 Å². The van der Waals surface area contributed by atoms with Crippen LogP contribution in [0.2, 0.25) is 5.02 Å². The third kappa shape index (κ3) is 3.70. The Labute approximate surface area is 115 Å². The molecule has 0 saturated carbocycles. The van der Waals surface area contributed by atoms with Crippen LogP contribution in [0.3, 0.4) is 0 Å². The van der Waals surface area contributed by atoms with E-state index in [1.54, 1.807) is 13.3 Å². The first-order chi connectivity index (χ1) is 8.51. The van der Waals surface area contributed by atoms with Crippen LogP contribution in [0.15, 0.2) is 6.20 Å². The largest absolute Gasteiger partial charge is 0.382 e. The van der Waals surface area contributed by atoms with Crippen molar-refractivity contribution in [3.63, 3.8) is 0 Å². The highest BCUT2D eigenvalue weighted by Gasteiger charge is 2.22. The predicted octanol–water partition coefficient (Wildman–Crippen LogP) is 3.19. The van der Waals surface area contributed by atoms with Gasteiger partial charge in [-0.15, -0.1) is 0 Å². The van der Waals surface area contributed by atoms with Gasteiger partial charge in [0.05, 0.1) is 29.1 Å². The quantitative estimate of drug-likeness (QED) is 0.829. The van der Waals surface area contributed by atoms with Gasteiger partial charge >= 0.3 is 0 Å². The monoisotopic (exact) mass is 273 g/mol. The van der Waals surface area contributed by atoms with E-state index in [1.807, 2.05) is 4.68 Å². The zero-order chi connectivity index (χ0) is 13.7. The van der Waals surface area contributed by atoms with E-state index in [0.717, 1.165) is 23.7 Å². The molecule has 5 heteroatoms. The van der Waals surface area contributed by atoms with Crippen LogP contribution >= 0.6 is 11.6 Å². The number of hydrogen-bond donors (Lipinski definition) is 1. The van der Waals surface area contributed by atoms with Crippen molar-refractivity contribution in [3.8, 4) is 0 Å². The first kappa shape index (κ1) is 15.5. The fourth-order valence-electron chi connectivity index (χ4n) is 2.05. The van der Waals surface area contributed by atoms with Crippen LogP contribution in [0.1, 0.15) is 51.9 Å². The molecule has 18 heavy (non-hydrogen) atoms. The predicted molar refractivity (Wildman–Crippen MR) is 75.1 cm³/mol. The summed E-state index contributed by atoms with van der Waals surface area (Å²) in [5.74, 6) is 0. The fraction of sp³-hybridized carbons (Fsp3) is 0.769. The molecule has 2 atom stereocenters. The van der Waals surface area contributed by atoms with Crippen molar-refractivity contribution in [2.45, 2.75) is 52.3 Å². The summed E-state index contributed by atoms with van der Waals surface area (Å²) in [7, 11) is 1.73. The van der Waals surface area contributed by atoms with Gasteiger partial charge in [0.2, 0.25) is 0 Å². The summed E-state index contributed by atoms with van der Waals surface area (Å²) < 4.78 is 7.34. The molecule has 4 nitrogen and oxygen atoms in total. The minimum atomic E-state index is 0.169. The fourth-order valence-corrected chi connectivity index (χ4v) is 2.32. The van der Waals surface area contributed by atoms with Crippen LogP contribution < -0.4 is 5.32 Å². The lowest BCUT2D eigenvalue weighted by molar-refractivity contribution is 0.0993. The molecule has 1 N–H and O–H groups in total. The zero-order valence-electron chi connectivity index (χ0n) is 11.9. The second kappa shape index (κ2) is 7.12. The highest BCUT2D eigenvalue weighted by Crippen LogP contribution is 2.28. The first-order valence-corrected chi connectivity index (χ1v) is 6.88. The molecule has 0 aliphatic rings. The molecule has 0 radical (unpaired) electrons. The summed E-state index contributed by atoms with van der Waals surface area (Å²) in [5, 5.41) is 8.54. The van der Waals surface area contributed by atoms with Crippen LogP contribution in [0.25, 0.3) is 0 Å². The SMILES string of the molecule is CCNC(CC(C)OC)c1c(Cl)cnn1C(C)C. The van der Waals surface area contributed by atoms with Crippen LogP contribution in [0, 0.1) is 0 Å². The average molecular weight is 274 g/mol. The maximum absolute atomic E-state index is 6.28. The van der Waals surface area contributed by atoms with Gasteiger partial charge in [-0.05, 0) is 33.7 Å². The van der Waals surface area contributed by atoms with E-state index in [0.29, 0.717) is 6.04 Å². The van der Waals surface area contributed by atoms with E-state index in [2.05, 4.69) is 38.1 Å². The van der Waals surface area contributed by atoms with Gasteiger partial charge in [0.15, 0.2) is 0 Å². The molecule has 0 aromatic carbocycles. The van der Waals surface area contributed by atoms with Crippen molar-refractivity contribution in [2.75, 3.05) is 13.7 Å². The Kier molecular flexibility index (Phi) is 6.12. The smallest absolute Gasteiger partial charge is 0.0834 e. The molecule has 1 aromatic rings. The summed E-state index contributed by atoms with van der Waals surface area (Å²) in [6.07, 6.45) is 2.78. The van der Waals surface area contributed by atoms with Crippen LogP contribution in [-0.2, 0) is 4.74 Å². The third-order valence-corrected chi connectivity index (χ3v) is 3.32. The summed E-state index contributed by atoms with van der Waals surface area (Å²) in [6.45, 7) is 9.26. The molecular formula is C13H24ClN3O. The molecule has 0 amide bonds. The topological polar surface area (TPSA) is 39.1 Å². The highest BCUT2D eigenvalue weighted by molar-refractivity contribution is 6.31. The Morgan fingerprint density at radius 2 is 2.11 bits per heavy atom. The molecule has 2 unspecified atom stereocenters. The number of rotatable bonds is 7. The van der Waals surface area contributed by atoms with Crippen LogP contribution in [-0.4, -0.2) is 29.5 Å². The molecule has 1 rings (SSSR count). The van der Waals surface area contributed by atoms with Gasteiger partial charge in [-0.25, -0.2) is 0 Å². The Balaban J connectivity index is 3.00.